The van der Waals surface area contributed by atoms with E-state index in [0.29, 0.717) is 33.3 Å². The largest absolute Gasteiger partial charge is 0.461 e. The van der Waals surface area contributed by atoms with Crippen molar-refractivity contribution >= 4 is 45.2 Å². The van der Waals surface area contributed by atoms with Gasteiger partial charge in [0.1, 0.15) is 12.9 Å². The number of likely N-dealkylation sites (tertiary alicyclic amines) is 1. The van der Waals surface area contributed by atoms with E-state index in [0.717, 1.165) is 11.3 Å². The summed E-state index contributed by atoms with van der Waals surface area (Å²) < 4.78 is 101. The summed E-state index contributed by atoms with van der Waals surface area (Å²) in [5.41, 5.74) is 0.705. The fourth-order valence-electron chi connectivity index (χ4n) is 4.67. The smallest absolute Gasteiger partial charge is 0.393 e. The molecule has 4 rings (SSSR count). The van der Waals surface area contributed by atoms with E-state index in [2.05, 4.69) is 22.5 Å². The standard InChI is InChI=1S/C28H30F6N3O2PS/c1-37-13-11-25(27(30,31)16-37)36-22-7-4-6-19-20(15-28(32,33)34)24(41-26(19)22)8-5-12-35-21-10-9-18(40(2,3)38)14-23(21)39-17-29/h4,6-7,9-10,14,25,35-36H,11-13,15-17H2,1-3H3. The Morgan fingerprint density at radius 3 is 2.61 bits per heavy atom. The molecule has 3 aromatic rings. The average Bonchev–Trinajstić information content (AvgIpc) is 3.20. The highest BCUT2D eigenvalue weighted by atomic mass is 32.1. The normalized spacial score (nSPS) is 17.6. The molecule has 222 valence electrons. The van der Waals surface area contributed by atoms with Crippen molar-refractivity contribution in [2.45, 2.75) is 31.0 Å². The number of ether oxygens (including phenoxy) is 1. The number of halogens is 6. The molecular weight excluding hydrogens is 587 g/mol. The van der Waals surface area contributed by atoms with E-state index in [4.69, 9.17) is 4.74 Å². The molecule has 41 heavy (non-hydrogen) atoms. The zero-order valence-electron chi connectivity index (χ0n) is 22.7. The van der Waals surface area contributed by atoms with E-state index in [-0.39, 0.29) is 29.2 Å². The number of rotatable bonds is 8. The SMILES string of the molecule is CN1CCC(Nc2cccc3c(CC(F)(F)F)c(C#CCNc4ccc(P(C)(C)=O)cc4OCF)sc23)C(F)(F)C1. The molecule has 1 fully saturated rings. The predicted octanol–water partition coefficient (Wildman–Crippen LogP) is 6.77. The fourth-order valence-corrected chi connectivity index (χ4v) is 6.70. The molecule has 1 atom stereocenters. The third-order valence-electron chi connectivity index (χ3n) is 6.68. The lowest BCUT2D eigenvalue weighted by Crippen LogP contribution is -2.53. The minimum Gasteiger partial charge on any atom is -0.461 e. The Labute approximate surface area is 238 Å². The second-order valence-corrected chi connectivity index (χ2v) is 14.5. The number of nitrogens with zero attached hydrogens (tertiary/aromatic N) is 1. The molecule has 2 N–H and O–H groups in total. The van der Waals surface area contributed by atoms with Gasteiger partial charge in [-0.05, 0) is 62.0 Å². The lowest BCUT2D eigenvalue weighted by molar-refractivity contribution is -0.126. The number of anilines is 2. The second kappa shape index (κ2) is 12.2. The van der Waals surface area contributed by atoms with Crippen LogP contribution in [0.25, 0.3) is 10.1 Å². The summed E-state index contributed by atoms with van der Waals surface area (Å²) >= 11 is 1.02. The second-order valence-electron chi connectivity index (χ2n) is 10.3. The molecule has 0 bridgehead atoms. The minimum absolute atomic E-state index is 0.00940. The maximum Gasteiger partial charge on any atom is 0.393 e. The van der Waals surface area contributed by atoms with Crippen molar-refractivity contribution in [2.75, 3.05) is 57.5 Å². The van der Waals surface area contributed by atoms with Gasteiger partial charge in [-0.1, -0.05) is 24.0 Å². The molecule has 0 radical (unpaired) electrons. The topological polar surface area (TPSA) is 53.6 Å². The Balaban J connectivity index is 1.62. The molecule has 0 spiro atoms. The van der Waals surface area contributed by atoms with Gasteiger partial charge in [-0.25, -0.2) is 13.2 Å². The first-order valence-electron chi connectivity index (χ1n) is 12.7. The number of fused-ring (bicyclic) bond motifs is 1. The van der Waals surface area contributed by atoms with Crippen molar-refractivity contribution < 1.29 is 35.6 Å². The molecule has 2 aromatic carbocycles. The maximum absolute atomic E-state index is 14.7. The molecule has 1 unspecified atom stereocenters. The van der Waals surface area contributed by atoms with E-state index in [1.165, 1.54) is 12.1 Å². The summed E-state index contributed by atoms with van der Waals surface area (Å²) in [7, 11) is -1.00. The van der Waals surface area contributed by atoms with Crippen LogP contribution in [0.2, 0.25) is 0 Å². The van der Waals surface area contributed by atoms with Gasteiger partial charge in [0, 0.05) is 11.8 Å². The molecule has 0 saturated carbocycles. The van der Waals surface area contributed by atoms with Crippen molar-refractivity contribution in [3.8, 4) is 17.6 Å². The van der Waals surface area contributed by atoms with Gasteiger partial charge in [0.2, 0.25) is 6.86 Å². The molecule has 5 nitrogen and oxygen atoms in total. The summed E-state index contributed by atoms with van der Waals surface area (Å²) in [5.74, 6) is 2.73. The monoisotopic (exact) mass is 617 g/mol. The van der Waals surface area contributed by atoms with Crippen LogP contribution < -0.4 is 20.7 Å². The van der Waals surface area contributed by atoms with Crippen molar-refractivity contribution in [3.63, 3.8) is 0 Å². The highest BCUT2D eigenvalue weighted by Gasteiger charge is 2.44. The number of thiophene rings is 1. The molecule has 1 aliphatic heterocycles. The van der Waals surface area contributed by atoms with Gasteiger partial charge in [-0.3, -0.25) is 0 Å². The quantitative estimate of drug-likeness (QED) is 0.166. The minimum atomic E-state index is -4.51. The molecule has 2 heterocycles. The summed E-state index contributed by atoms with van der Waals surface area (Å²) in [5, 5.41) is 6.65. The number of alkyl halides is 6. The Kier molecular flexibility index (Phi) is 9.22. The highest BCUT2D eigenvalue weighted by molar-refractivity contribution is 7.70. The summed E-state index contributed by atoms with van der Waals surface area (Å²) in [6.45, 7) is 2.08. The summed E-state index contributed by atoms with van der Waals surface area (Å²) in [4.78, 5) is 1.72. The van der Waals surface area contributed by atoms with E-state index in [1.807, 2.05) is 0 Å². The third kappa shape index (κ3) is 7.70. The number of piperidine rings is 1. The summed E-state index contributed by atoms with van der Waals surface area (Å²) in [6, 6.07) is 8.19. The van der Waals surface area contributed by atoms with Crippen molar-refractivity contribution in [3.05, 3.63) is 46.8 Å². The molecule has 1 saturated heterocycles. The van der Waals surface area contributed by atoms with Crippen LogP contribution in [-0.2, 0) is 11.0 Å². The van der Waals surface area contributed by atoms with Crippen LogP contribution in [0.3, 0.4) is 0 Å². The third-order valence-corrected chi connectivity index (χ3v) is 9.40. The van der Waals surface area contributed by atoms with Gasteiger partial charge in [-0.2, -0.15) is 13.2 Å². The van der Waals surface area contributed by atoms with E-state index in [9.17, 15) is 30.9 Å². The Bertz CT molecular complexity index is 1510. The average molecular weight is 618 g/mol. The van der Waals surface area contributed by atoms with Gasteiger partial charge in [0.05, 0.1) is 46.5 Å². The van der Waals surface area contributed by atoms with Gasteiger partial charge in [0.25, 0.3) is 5.92 Å². The summed E-state index contributed by atoms with van der Waals surface area (Å²) in [6.07, 6.45) is -5.55. The number of nitrogens with one attached hydrogen (secondary N) is 2. The van der Waals surface area contributed by atoms with Gasteiger partial charge in [0.15, 0.2) is 0 Å². The van der Waals surface area contributed by atoms with Crippen molar-refractivity contribution in [2.24, 2.45) is 0 Å². The maximum atomic E-state index is 14.7. The predicted molar refractivity (Wildman–Crippen MR) is 154 cm³/mol. The first-order chi connectivity index (χ1) is 19.2. The van der Waals surface area contributed by atoms with E-state index >= 15 is 0 Å². The molecular formula is C28H30F6N3O2PS. The van der Waals surface area contributed by atoms with Crippen LogP contribution in [0.4, 0.5) is 37.7 Å². The van der Waals surface area contributed by atoms with Gasteiger partial charge < -0.3 is 24.8 Å². The molecule has 13 heteroatoms. The molecule has 1 aromatic heterocycles. The zero-order valence-corrected chi connectivity index (χ0v) is 24.4. The van der Waals surface area contributed by atoms with Crippen LogP contribution in [0.15, 0.2) is 36.4 Å². The number of hydrogen-bond donors (Lipinski definition) is 2. The van der Waals surface area contributed by atoms with Crippen molar-refractivity contribution in [1.29, 1.82) is 0 Å². The Morgan fingerprint density at radius 2 is 1.95 bits per heavy atom. The van der Waals surface area contributed by atoms with Crippen LogP contribution in [0.5, 0.6) is 5.75 Å². The van der Waals surface area contributed by atoms with E-state index < -0.39 is 45.1 Å². The van der Waals surface area contributed by atoms with Gasteiger partial charge >= 0.3 is 6.18 Å². The van der Waals surface area contributed by atoms with Crippen molar-refractivity contribution in [1.82, 2.24) is 4.90 Å². The lowest BCUT2D eigenvalue weighted by Gasteiger charge is -2.37. The van der Waals surface area contributed by atoms with Gasteiger partial charge in [-0.15, -0.1) is 11.3 Å². The fraction of sp³-hybridized carbons (Fsp3) is 0.429. The first-order valence-corrected chi connectivity index (χ1v) is 16.1. The first kappa shape index (κ1) is 31.1. The zero-order chi connectivity index (χ0) is 30.0. The Hall–Kier alpha value is -2.87. The van der Waals surface area contributed by atoms with Crippen LogP contribution >= 0.6 is 18.5 Å². The Morgan fingerprint density at radius 1 is 1.20 bits per heavy atom. The molecule has 0 aliphatic carbocycles. The molecule has 0 amide bonds. The number of hydrogen-bond acceptors (Lipinski definition) is 6. The van der Waals surface area contributed by atoms with E-state index in [1.54, 1.807) is 49.5 Å². The number of benzene rings is 2. The lowest BCUT2D eigenvalue weighted by atomic mass is 10.0. The highest BCUT2D eigenvalue weighted by Crippen LogP contribution is 2.41. The van der Waals surface area contributed by atoms with Crippen LogP contribution in [-0.4, -0.2) is 69.9 Å². The van der Waals surface area contributed by atoms with Crippen LogP contribution in [0.1, 0.15) is 16.9 Å². The van der Waals surface area contributed by atoms with Crippen LogP contribution in [0, 0.1) is 11.8 Å². The molecule has 1 aliphatic rings.